The number of sulfonamides is 1. The molecule has 5 nitrogen and oxygen atoms in total. The lowest BCUT2D eigenvalue weighted by molar-refractivity contribution is 0.0827. The predicted octanol–water partition coefficient (Wildman–Crippen LogP) is 2.01. The quantitative estimate of drug-likeness (QED) is 0.902. The highest BCUT2D eigenvalue weighted by atomic mass is 32.2. The summed E-state index contributed by atoms with van der Waals surface area (Å²) in [6, 6.07) is 14.1. The zero-order valence-electron chi connectivity index (χ0n) is 13.7. The van der Waals surface area contributed by atoms with Gasteiger partial charge in [-0.05, 0) is 41.8 Å². The zero-order chi connectivity index (χ0) is 17.3. The number of benzene rings is 2. The number of amides is 1. The highest BCUT2D eigenvalue weighted by Crippen LogP contribution is 2.34. The zero-order valence-corrected chi connectivity index (χ0v) is 14.5. The molecule has 0 aliphatic heterocycles. The van der Waals surface area contributed by atoms with E-state index in [0.717, 1.165) is 6.42 Å². The summed E-state index contributed by atoms with van der Waals surface area (Å²) in [6.45, 7) is 0.387. The second kappa shape index (κ2) is 6.37. The Kier molecular flexibility index (Phi) is 4.43. The summed E-state index contributed by atoms with van der Waals surface area (Å²) in [6.07, 6.45) is 0.898. The van der Waals surface area contributed by atoms with E-state index in [4.69, 9.17) is 0 Å². The summed E-state index contributed by atoms with van der Waals surface area (Å²) in [7, 11) is -0.256. The van der Waals surface area contributed by atoms with Crippen LogP contribution in [0.2, 0.25) is 0 Å². The van der Waals surface area contributed by atoms with E-state index in [9.17, 15) is 13.2 Å². The van der Waals surface area contributed by atoms with Gasteiger partial charge in [-0.1, -0.05) is 24.3 Å². The smallest absolute Gasteiger partial charge is 0.253 e. The van der Waals surface area contributed by atoms with Crippen molar-refractivity contribution in [2.24, 2.45) is 0 Å². The van der Waals surface area contributed by atoms with Gasteiger partial charge >= 0.3 is 0 Å². The number of hydrogen-bond donors (Lipinski definition) is 1. The van der Waals surface area contributed by atoms with Gasteiger partial charge in [0, 0.05) is 32.1 Å². The number of hydrogen-bond acceptors (Lipinski definition) is 3. The molecular weight excluding hydrogens is 324 g/mol. The van der Waals surface area contributed by atoms with E-state index in [-0.39, 0.29) is 16.7 Å². The summed E-state index contributed by atoms with van der Waals surface area (Å²) in [5.41, 5.74) is 2.97. The van der Waals surface area contributed by atoms with Crippen molar-refractivity contribution in [1.29, 1.82) is 0 Å². The molecule has 0 radical (unpaired) electrons. The molecule has 6 heteroatoms. The molecule has 1 aliphatic carbocycles. The van der Waals surface area contributed by atoms with E-state index in [1.165, 1.54) is 40.3 Å². The van der Waals surface area contributed by atoms with Gasteiger partial charge < -0.3 is 4.90 Å². The van der Waals surface area contributed by atoms with E-state index < -0.39 is 10.0 Å². The molecule has 3 rings (SSSR count). The van der Waals surface area contributed by atoms with Crippen LogP contribution in [0.4, 0.5) is 0 Å². The molecule has 1 atom stereocenters. The van der Waals surface area contributed by atoms with Crippen LogP contribution < -0.4 is 4.72 Å². The monoisotopic (exact) mass is 344 g/mol. The lowest BCUT2D eigenvalue weighted by Gasteiger charge is -2.30. The molecule has 2 aromatic rings. The van der Waals surface area contributed by atoms with Crippen LogP contribution in [-0.2, 0) is 16.4 Å². The molecule has 0 heterocycles. The first-order chi connectivity index (χ1) is 11.4. The average Bonchev–Trinajstić information content (AvgIpc) is 2.55. The normalized spacial score (nSPS) is 16.2. The van der Waals surface area contributed by atoms with Gasteiger partial charge in [0.15, 0.2) is 0 Å². The van der Waals surface area contributed by atoms with Crippen LogP contribution >= 0.6 is 0 Å². The van der Waals surface area contributed by atoms with Crippen LogP contribution in [0.5, 0.6) is 0 Å². The Labute approximate surface area is 142 Å². The fraction of sp³-hybridized carbons (Fsp3) is 0.278. The SMILES string of the molecule is CN(C)C(=O)c1ccc(S(=O)(=O)NCC2Cc3ccccc32)cc1. The molecule has 0 saturated heterocycles. The third-order valence-corrected chi connectivity index (χ3v) is 5.74. The van der Waals surface area contributed by atoms with Crippen molar-refractivity contribution in [3.05, 3.63) is 65.2 Å². The maximum atomic E-state index is 12.4. The maximum absolute atomic E-state index is 12.4. The number of nitrogens with zero attached hydrogens (tertiary/aromatic N) is 1. The first-order valence-corrected chi connectivity index (χ1v) is 9.26. The molecule has 0 spiro atoms. The fourth-order valence-corrected chi connectivity index (χ4v) is 3.95. The molecule has 0 aromatic heterocycles. The fourth-order valence-electron chi connectivity index (χ4n) is 2.87. The summed E-state index contributed by atoms with van der Waals surface area (Å²) in [5.74, 6) is 0.0727. The van der Waals surface area contributed by atoms with Gasteiger partial charge in [-0.25, -0.2) is 13.1 Å². The van der Waals surface area contributed by atoms with Gasteiger partial charge in [0.05, 0.1) is 4.90 Å². The van der Waals surface area contributed by atoms with Crippen LogP contribution in [0.25, 0.3) is 0 Å². The van der Waals surface area contributed by atoms with Crippen LogP contribution in [0, 0.1) is 0 Å². The molecule has 126 valence electrons. The van der Waals surface area contributed by atoms with E-state index in [2.05, 4.69) is 10.8 Å². The minimum Gasteiger partial charge on any atom is -0.345 e. The molecular formula is C18H20N2O3S. The predicted molar refractivity (Wildman–Crippen MR) is 92.5 cm³/mol. The minimum absolute atomic E-state index is 0.155. The topological polar surface area (TPSA) is 66.5 Å². The molecule has 0 fully saturated rings. The van der Waals surface area contributed by atoms with E-state index in [0.29, 0.717) is 12.1 Å². The second-order valence-electron chi connectivity index (χ2n) is 6.18. The summed E-state index contributed by atoms with van der Waals surface area (Å²) in [5, 5.41) is 0. The Morgan fingerprint density at radius 3 is 2.42 bits per heavy atom. The standard InChI is InChI=1S/C18H20N2O3S/c1-20(2)18(21)13-7-9-16(10-8-13)24(22,23)19-12-15-11-14-5-3-4-6-17(14)15/h3-10,15,19H,11-12H2,1-2H3. The van der Waals surface area contributed by atoms with Gasteiger partial charge in [-0.15, -0.1) is 0 Å². The van der Waals surface area contributed by atoms with Crippen LogP contribution in [-0.4, -0.2) is 39.9 Å². The van der Waals surface area contributed by atoms with Crippen molar-refractivity contribution in [1.82, 2.24) is 9.62 Å². The van der Waals surface area contributed by atoms with Crippen molar-refractivity contribution in [2.75, 3.05) is 20.6 Å². The Bertz CT molecular complexity index is 858. The largest absolute Gasteiger partial charge is 0.345 e. The second-order valence-corrected chi connectivity index (χ2v) is 7.94. The molecule has 0 bridgehead atoms. The van der Waals surface area contributed by atoms with Crippen molar-refractivity contribution < 1.29 is 13.2 Å². The van der Waals surface area contributed by atoms with Crippen molar-refractivity contribution in [2.45, 2.75) is 17.2 Å². The minimum atomic E-state index is -3.57. The Morgan fingerprint density at radius 2 is 1.79 bits per heavy atom. The van der Waals surface area contributed by atoms with Crippen LogP contribution in [0.15, 0.2) is 53.4 Å². The van der Waals surface area contributed by atoms with E-state index >= 15 is 0 Å². The van der Waals surface area contributed by atoms with Crippen molar-refractivity contribution in [3.8, 4) is 0 Å². The number of fused-ring (bicyclic) bond motifs is 1. The van der Waals surface area contributed by atoms with Crippen molar-refractivity contribution in [3.63, 3.8) is 0 Å². The van der Waals surface area contributed by atoms with Gasteiger partial charge in [0.2, 0.25) is 10.0 Å². The van der Waals surface area contributed by atoms with Crippen LogP contribution in [0.3, 0.4) is 0 Å². The summed E-state index contributed by atoms with van der Waals surface area (Å²) in [4.78, 5) is 13.5. The highest BCUT2D eigenvalue weighted by Gasteiger charge is 2.27. The third kappa shape index (κ3) is 3.20. The maximum Gasteiger partial charge on any atom is 0.253 e. The Hall–Kier alpha value is -2.18. The van der Waals surface area contributed by atoms with E-state index in [1.54, 1.807) is 14.1 Å². The van der Waals surface area contributed by atoms with Crippen molar-refractivity contribution >= 4 is 15.9 Å². The lowest BCUT2D eigenvalue weighted by atomic mass is 9.78. The van der Waals surface area contributed by atoms with Gasteiger partial charge in [0.1, 0.15) is 0 Å². The lowest BCUT2D eigenvalue weighted by Crippen LogP contribution is -2.33. The van der Waals surface area contributed by atoms with Gasteiger partial charge in [0.25, 0.3) is 5.91 Å². The molecule has 1 N–H and O–H groups in total. The van der Waals surface area contributed by atoms with E-state index in [1.807, 2.05) is 18.2 Å². The van der Waals surface area contributed by atoms with Gasteiger partial charge in [-0.2, -0.15) is 0 Å². The molecule has 0 saturated carbocycles. The first kappa shape index (κ1) is 16.7. The molecule has 24 heavy (non-hydrogen) atoms. The number of nitrogens with one attached hydrogen (secondary N) is 1. The molecule has 2 aromatic carbocycles. The summed E-state index contributed by atoms with van der Waals surface area (Å²) >= 11 is 0. The molecule has 1 amide bonds. The van der Waals surface area contributed by atoms with Crippen LogP contribution in [0.1, 0.15) is 27.4 Å². The average molecular weight is 344 g/mol. The summed E-state index contributed by atoms with van der Waals surface area (Å²) < 4.78 is 27.5. The number of carbonyl (C=O) groups excluding carboxylic acids is 1. The Morgan fingerprint density at radius 1 is 1.12 bits per heavy atom. The number of rotatable bonds is 5. The highest BCUT2D eigenvalue weighted by molar-refractivity contribution is 7.89. The molecule has 1 unspecified atom stereocenters. The molecule has 1 aliphatic rings. The first-order valence-electron chi connectivity index (χ1n) is 7.77. The van der Waals surface area contributed by atoms with Gasteiger partial charge in [-0.3, -0.25) is 4.79 Å². The Balaban J connectivity index is 1.67. The third-order valence-electron chi connectivity index (χ3n) is 4.30. The number of carbonyl (C=O) groups is 1.